The molecule has 14 heteroatoms. The van der Waals surface area contributed by atoms with Crippen molar-refractivity contribution in [3.8, 4) is 0 Å². The lowest BCUT2D eigenvalue weighted by Gasteiger charge is -2.46. The Morgan fingerprint density at radius 1 is 1.07 bits per heavy atom. The van der Waals surface area contributed by atoms with Crippen molar-refractivity contribution in [3.05, 3.63) is 10.4 Å². The molecule has 0 aromatic carbocycles. The largest absolute Gasteiger partial charge is 0.394 e. The van der Waals surface area contributed by atoms with Gasteiger partial charge in [0.25, 0.3) is 0 Å². The van der Waals surface area contributed by atoms with Crippen molar-refractivity contribution >= 4 is 5.91 Å². The normalized spacial score (nSPS) is 43.8. The molecule has 28 heavy (non-hydrogen) atoms. The third-order valence-corrected chi connectivity index (χ3v) is 4.55. The lowest BCUT2D eigenvalue weighted by molar-refractivity contribution is -0.335. The SMILES string of the molecule is CC(=O)NC1C(O)[C@H](O[C@@H]2OC(CO)[C@H](O)C(O)C2O)C(CO)O[C@H]1N=[N+]=[N-]. The third kappa shape index (κ3) is 4.69. The zero-order valence-electron chi connectivity index (χ0n) is 14.8. The quantitative estimate of drug-likeness (QED) is 0.128. The molecule has 10 atom stereocenters. The second-order valence-electron chi connectivity index (χ2n) is 6.47. The molecular formula is C14H24N4O10. The Morgan fingerprint density at radius 2 is 1.71 bits per heavy atom. The van der Waals surface area contributed by atoms with Crippen LogP contribution in [0.1, 0.15) is 6.92 Å². The highest BCUT2D eigenvalue weighted by Crippen LogP contribution is 2.29. The average molecular weight is 408 g/mol. The molecule has 2 heterocycles. The monoisotopic (exact) mass is 408 g/mol. The van der Waals surface area contributed by atoms with Crippen LogP contribution in [0, 0.1) is 0 Å². The third-order valence-electron chi connectivity index (χ3n) is 4.55. The Balaban J connectivity index is 2.23. The fraction of sp³-hybridized carbons (Fsp3) is 0.929. The Kier molecular flexibility index (Phi) is 7.91. The van der Waals surface area contributed by atoms with Gasteiger partial charge in [-0.25, -0.2) is 0 Å². The summed E-state index contributed by atoms with van der Waals surface area (Å²) in [6.45, 7) is -0.222. The number of carbonyl (C=O) groups is 1. The molecule has 0 aliphatic carbocycles. The number of nitrogens with one attached hydrogen (secondary N) is 1. The number of amides is 1. The van der Waals surface area contributed by atoms with E-state index in [-0.39, 0.29) is 0 Å². The van der Waals surface area contributed by atoms with E-state index in [1.807, 2.05) is 0 Å². The van der Waals surface area contributed by atoms with Crippen molar-refractivity contribution in [2.75, 3.05) is 13.2 Å². The Labute approximate surface area is 158 Å². The minimum atomic E-state index is -1.75. The van der Waals surface area contributed by atoms with Gasteiger partial charge >= 0.3 is 0 Å². The Hall–Kier alpha value is -1.58. The van der Waals surface area contributed by atoms with Gasteiger partial charge < -0.3 is 50.2 Å². The molecule has 1 amide bonds. The number of hydrogen-bond donors (Lipinski definition) is 7. The van der Waals surface area contributed by atoms with Gasteiger partial charge in [0.05, 0.1) is 19.3 Å². The Bertz CT molecular complexity index is 588. The fourth-order valence-corrected chi connectivity index (χ4v) is 3.13. The van der Waals surface area contributed by atoms with Crippen molar-refractivity contribution in [2.24, 2.45) is 5.11 Å². The molecule has 0 aromatic rings. The summed E-state index contributed by atoms with van der Waals surface area (Å²) < 4.78 is 16.1. The summed E-state index contributed by atoms with van der Waals surface area (Å²) in [6.07, 6.45) is -13.5. The summed E-state index contributed by atoms with van der Waals surface area (Å²) >= 11 is 0. The van der Waals surface area contributed by atoms with Crippen LogP contribution >= 0.6 is 0 Å². The topological polar surface area (TPSA) is 227 Å². The number of ether oxygens (including phenoxy) is 3. The highest BCUT2D eigenvalue weighted by molar-refractivity contribution is 5.73. The van der Waals surface area contributed by atoms with Crippen LogP contribution < -0.4 is 5.32 Å². The number of carbonyl (C=O) groups excluding carboxylic acids is 1. The lowest BCUT2D eigenvalue weighted by Crippen LogP contribution is -2.66. The molecule has 160 valence electrons. The van der Waals surface area contributed by atoms with E-state index >= 15 is 0 Å². The maximum absolute atomic E-state index is 11.4. The standard InChI is InChI=1S/C14H24N4O10/c1-4(21)16-7-9(23)12(6(3-20)26-13(7)17-18-15)28-14-11(25)10(24)8(22)5(2-19)27-14/h5-14,19-20,22-25H,2-3H2,1H3,(H,16,21)/t5?,6?,7?,8-,9?,10?,11?,12+,13+,14-/m0/s1. The average Bonchev–Trinajstić information content (AvgIpc) is 2.66. The predicted molar refractivity (Wildman–Crippen MR) is 87.1 cm³/mol. The lowest BCUT2D eigenvalue weighted by atomic mass is 9.95. The maximum Gasteiger partial charge on any atom is 0.217 e. The van der Waals surface area contributed by atoms with Gasteiger partial charge in [-0.2, -0.15) is 0 Å². The van der Waals surface area contributed by atoms with Crippen molar-refractivity contribution in [1.82, 2.24) is 5.32 Å². The van der Waals surface area contributed by atoms with Gasteiger partial charge in [0, 0.05) is 11.8 Å². The zero-order chi connectivity index (χ0) is 21.0. The molecule has 7 N–H and O–H groups in total. The highest BCUT2D eigenvalue weighted by Gasteiger charge is 2.50. The number of aliphatic hydroxyl groups excluding tert-OH is 6. The first-order chi connectivity index (χ1) is 13.2. The van der Waals surface area contributed by atoms with Crippen molar-refractivity contribution in [3.63, 3.8) is 0 Å². The summed E-state index contributed by atoms with van der Waals surface area (Å²) in [6, 6.07) is -1.24. The van der Waals surface area contributed by atoms with E-state index in [0.29, 0.717) is 0 Å². The van der Waals surface area contributed by atoms with Crippen LogP contribution in [0.25, 0.3) is 10.4 Å². The van der Waals surface area contributed by atoms with E-state index in [9.17, 15) is 35.4 Å². The molecule has 0 bridgehead atoms. The van der Waals surface area contributed by atoms with Crippen LogP contribution in [-0.2, 0) is 19.0 Å². The zero-order valence-corrected chi connectivity index (χ0v) is 14.8. The fourth-order valence-electron chi connectivity index (χ4n) is 3.13. The predicted octanol–water partition coefficient (Wildman–Crippen LogP) is -3.94. The molecule has 2 fully saturated rings. The van der Waals surface area contributed by atoms with Gasteiger partial charge in [-0.3, -0.25) is 4.79 Å². The summed E-state index contributed by atoms with van der Waals surface area (Å²) in [5.41, 5.74) is 8.65. The Morgan fingerprint density at radius 3 is 2.25 bits per heavy atom. The number of azide groups is 1. The summed E-state index contributed by atoms with van der Waals surface area (Å²) in [7, 11) is 0. The molecule has 2 aliphatic heterocycles. The van der Waals surface area contributed by atoms with Crippen LogP contribution in [0.5, 0.6) is 0 Å². The van der Waals surface area contributed by atoms with Gasteiger partial charge in [0.2, 0.25) is 5.91 Å². The molecule has 0 saturated carbocycles. The second-order valence-corrected chi connectivity index (χ2v) is 6.47. The molecule has 2 aliphatic rings. The first kappa shape index (κ1) is 22.7. The van der Waals surface area contributed by atoms with Crippen LogP contribution in [-0.4, -0.2) is 111 Å². The number of rotatable bonds is 6. The number of aliphatic hydroxyl groups is 6. The first-order valence-corrected chi connectivity index (χ1v) is 8.46. The van der Waals surface area contributed by atoms with Gasteiger partial charge in [0.15, 0.2) is 12.5 Å². The van der Waals surface area contributed by atoms with E-state index in [0.717, 1.165) is 6.92 Å². The molecule has 0 aromatic heterocycles. The van der Waals surface area contributed by atoms with E-state index in [1.54, 1.807) is 0 Å². The van der Waals surface area contributed by atoms with E-state index < -0.39 is 80.4 Å². The molecule has 14 nitrogen and oxygen atoms in total. The molecule has 0 spiro atoms. The molecule has 2 saturated heterocycles. The van der Waals surface area contributed by atoms with Crippen LogP contribution in [0.2, 0.25) is 0 Å². The minimum Gasteiger partial charge on any atom is -0.394 e. The van der Waals surface area contributed by atoms with Crippen molar-refractivity contribution < 1.29 is 49.6 Å². The van der Waals surface area contributed by atoms with Crippen LogP contribution in [0.15, 0.2) is 5.11 Å². The smallest absolute Gasteiger partial charge is 0.217 e. The van der Waals surface area contributed by atoms with Crippen LogP contribution in [0.4, 0.5) is 0 Å². The van der Waals surface area contributed by atoms with Gasteiger partial charge in [-0.05, 0) is 5.53 Å². The number of nitrogens with zero attached hydrogens (tertiary/aromatic N) is 3. The van der Waals surface area contributed by atoms with Crippen molar-refractivity contribution in [2.45, 2.75) is 68.2 Å². The van der Waals surface area contributed by atoms with Crippen LogP contribution in [0.3, 0.4) is 0 Å². The summed E-state index contributed by atoms with van der Waals surface area (Å²) in [5.74, 6) is -0.570. The van der Waals surface area contributed by atoms with E-state index in [1.165, 1.54) is 0 Å². The summed E-state index contributed by atoms with van der Waals surface area (Å²) in [4.78, 5) is 14.0. The minimum absolute atomic E-state index is 0.570. The maximum atomic E-state index is 11.4. The molecule has 0 radical (unpaired) electrons. The second kappa shape index (κ2) is 9.76. The van der Waals surface area contributed by atoms with Crippen molar-refractivity contribution in [1.29, 1.82) is 0 Å². The molecular weight excluding hydrogens is 384 g/mol. The van der Waals surface area contributed by atoms with Gasteiger partial charge in [-0.15, -0.1) is 0 Å². The molecule has 6 unspecified atom stereocenters. The van der Waals surface area contributed by atoms with E-state index in [2.05, 4.69) is 15.3 Å². The first-order valence-electron chi connectivity index (χ1n) is 8.46. The molecule has 2 rings (SSSR count). The number of hydrogen-bond acceptors (Lipinski definition) is 11. The highest BCUT2D eigenvalue weighted by atomic mass is 16.7. The summed E-state index contributed by atoms with van der Waals surface area (Å²) in [5, 5.41) is 64.8. The van der Waals surface area contributed by atoms with Gasteiger partial charge in [0.1, 0.15) is 42.7 Å². The van der Waals surface area contributed by atoms with Gasteiger partial charge in [-0.1, -0.05) is 5.11 Å². The van der Waals surface area contributed by atoms with E-state index in [4.69, 9.17) is 19.7 Å².